The minimum atomic E-state index is -1.13. The maximum absolute atomic E-state index is 11.9. The van der Waals surface area contributed by atoms with E-state index in [1.807, 2.05) is 24.3 Å². The highest BCUT2D eigenvalue weighted by Crippen LogP contribution is 2.27. The van der Waals surface area contributed by atoms with Gasteiger partial charge in [0.05, 0.1) is 0 Å². The van der Waals surface area contributed by atoms with Crippen LogP contribution in [0.3, 0.4) is 0 Å². The van der Waals surface area contributed by atoms with Gasteiger partial charge in [0, 0.05) is 16.1 Å². The van der Waals surface area contributed by atoms with E-state index in [9.17, 15) is 9.59 Å². The van der Waals surface area contributed by atoms with Crippen molar-refractivity contribution in [1.29, 1.82) is 0 Å². The van der Waals surface area contributed by atoms with Gasteiger partial charge in [0.25, 0.3) is 0 Å². The third-order valence-electron chi connectivity index (χ3n) is 2.51. The fraction of sp³-hybridized carbons (Fsp3) is 0. The van der Waals surface area contributed by atoms with Gasteiger partial charge in [0.1, 0.15) is 0 Å². The Labute approximate surface area is 112 Å². The zero-order valence-corrected chi connectivity index (χ0v) is 10.8. The van der Waals surface area contributed by atoms with E-state index in [0.29, 0.717) is 5.56 Å². The van der Waals surface area contributed by atoms with E-state index >= 15 is 0 Å². The smallest absolute Gasteiger partial charge is 0.328 e. The second-order valence-electron chi connectivity index (χ2n) is 3.68. The molecule has 0 heterocycles. The summed E-state index contributed by atoms with van der Waals surface area (Å²) in [5.41, 5.74) is 0.492. The molecule has 0 saturated heterocycles. The Morgan fingerprint density at radius 1 is 1.00 bits per heavy atom. The highest BCUT2D eigenvalue weighted by atomic mass is 79.9. The standard InChI is InChI=1S/C14H9BrO3/c15-12-6-5-11(13(16)7-8-14(17)18)9-3-1-2-4-10(9)12/h1-8H,(H,17,18)/b8-7+. The van der Waals surface area contributed by atoms with E-state index in [-0.39, 0.29) is 5.78 Å². The summed E-state index contributed by atoms with van der Waals surface area (Å²) in [6.45, 7) is 0. The number of ketones is 1. The van der Waals surface area contributed by atoms with Gasteiger partial charge in [-0.3, -0.25) is 4.79 Å². The van der Waals surface area contributed by atoms with E-state index < -0.39 is 5.97 Å². The average molecular weight is 305 g/mol. The molecule has 0 radical (unpaired) electrons. The molecule has 3 nitrogen and oxygen atoms in total. The maximum Gasteiger partial charge on any atom is 0.328 e. The van der Waals surface area contributed by atoms with Crippen molar-refractivity contribution in [3.05, 3.63) is 58.6 Å². The number of allylic oxidation sites excluding steroid dienone is 1. The first kappa shape index (κ1) is 12.5. The first-order valence-corrected chi connectivity index (χ1v) is 6.01. The summed E-state index contributed by atoms with van der Waals surface area (Å²) in [5, 5.41) is 10.2. The predicted octanol–water partition coefficient (Wildman–Crippen LogP) is 3.43. The van der Waals surface area contributed by atoms with E-state index in [2.05, 4.69) is 15.9 Å². The predicted molar refractivity (Wildman–Crippen MR) is 72.8 cm³/mol. The fourth-order valence-corrected chi connectivity index (χ4v) is 2.19. The second kappa shape index (κ2) is 5.14. The van der Waals surface area contributed by atoms with Gasteiger partial charge in [0.2, 0.25) is 0 Å². The quantitative estimate of drug-likeness (QED) is 0.698. The molecule has 0 aliphatic carbocycles. The second-order valence-corrected chi connectivity index (χ2v) is 4.53. The van der Waals surface area contributed by atoms with Gasteiger partial charge >= 0.3 is 5.97 Å². The minimum absolute atomic E-state index is 0.318. The molecule has 0 bridgehead atoms. The van der Waals surface area contributed by atoms with Crippen LogP contribution in [-0.4, -0.2) is 16.9 Å². The van der Waals surface area contributed by atoms with Crippen LogP contribution in [-0.2, 0) is 4.79 Å². The molecule has 0 spiro atoms. The lowest BCUT2D eigenvalue weighted by atomic mass is 10.0. The number of aliphatic carboxylic acids is 1. The van der Waals surface area contributed by atoms with E-state index in [1.165, 1.54) is 0 Å². The van der Waals surface area contributed by atoms with Crippen LogP contribution in [0.4, 0.5) is 0 Å². The number of benzene rings is 2. The first-order valence-electron chi connectivity index (χ1n) is 5.22. The zero-order chi connectivity index (χ0) is 13.1. The molecule has 2 rings (SSSR count). The van der Waals surface area contributed by atoms with Gasteiger partial charge in [-0.15, -0.1) is 0 Å². The molecule has 0 amide bonds. The van der Waals surface area contributed by atoms with Gasteiger partial charge < -0.3 is 5.11 Å². The molecule has 0 aromatic heterocycles. The van der Waals surface area contributed by atoms with Gasteiger partial charge in [-0.2, -0.15) is 0 Å². The third-order valence-corrected chi connectivity index (χ3v) is 3.21. The Morgan fingerprint density at radius 2 is 1.67 bits per heavy atom. The molecular weight excluding hydrogens is 296 g/mol. The summed E-state index contributed by atoms with van der Waals surface area (Å²) in [7, 11) is 0. The number of hydrogen-bond acceptors (Lipinski definition) is 2. The normalized spacial score (nSPS) is 10.9. The average Bonchev–Trinajstić information content (AvgIpc) is 2.37. The highest BCUT2D eigenvalue weighted by Gasteiger charge is 2.09. The molecule has 4 heteroatoms. The summed E-state index contributed by atoms with van der Waals surface area (Å²) in [6.07, 6.45) is 1.91. The number of hydrogen-bond donors (Lipinski definition) is 1. The van der Waals surface area contributed by atoms with Crippen molar-refractivity contribution in [2.75, 3.05) is 0 Å². The Kier molecular flexibility index (Phi) is 3.58. The fourth-order valence-electron chi connectivity index (χ4n) is 1.71. The molecule has 0 aliphatic heterocycles. The van der Waals surface area contributed by atoms with Crippen LogP contribution in [0.2, 0.25) is 0 Å². The molecule has 0 atom stereocenters. The summed E-state index contributed by atoms with van der Waals surface area (Å²) >= 11 is 3.42. The maximum atomic E-state index is 11.9. The van der Waals surface area contributed by atoms with Crippen molar-refractivity contribution in [1.82, 2.24) is 0 Å². The number of carbonyl (C=O) groups excluding carboxylic acids is 1. The molecule has 0 fully saturated rings. The monoisotopic (exact) mass is 304 g/mol. The molecule has 1 N–H and O–H groups in total. The van der Waals surface area contributed by atoms with Crippen molar-refractivity contribution in [2.45, 2.75) is 0 Å². The van der Waals surface area contributed by atoms with Crippen LogP contribution < -0.4 is 0 Å². The van der Waals surface area contributed by atoms with Gasteiger partial charge in [0.15, 0.2) is 5.78 Å². The van der Waals surface area contributed by atoms with Crippen LogP contribution >= 0.6 is 15.9 Å². The third kappa shape index (κ3) is 2.49. The van der Waals surface area contributed by atoms with E-state index in [0.717, 1.165) is 27.4 Å². The number of carbonyl (C=O) groups is 2. The summed E-state index contributed by atoms with van der Waals surface area (Å²) in [4.78, 5) is 22.3. The number of carboxylic acids is 1. The lowest BCUT2D eigenvalue weighted by molar-refractivity contribution is -0.131. The van der Waals surface area contributed by atoms with Gasteiger partial charge in [-0.05, 0) is 29.0 Å². The zero-order valence-electron chi connectivity index (χ0n) is 9.26. The number of rotatable bonds is 3. The van der Waals surface area contributed by atoms with Crippen molar-refractivity contribution < 1.29 is 14.7 Å². The highest BCUT2D eigenvalue weighted by molar-refractivity contribution is 9.10. The molecule has 90 valence electrons. The van der Waals surface area contributed by atoms with Gasteiger partial charge in [-0.1, -0.05) is 40.2 Å². The number of fused-ring (bicyclic) bond motifs is 1. The molecular formula is C14H9BrO3. The van der Waals surface area contributed by atoms with Crippen LogP contribution in [0.25, 0.3) is 10.8 Å². The molecule has 18 heavy (non-hydrogen) atoms. The van der Waals surface area contributed by atoms with Crippen molar-refractivity contribution in [3.8, 4) is 0 Å². The number of carboxylic acid groups (broad SMARTS) is 1. The largest absolute Gasteiger partial charge is 0.478 e. The Bertz CT molecular complexity index is 659. The summed E-state index contributed by atoms with van der Waals surface area (Å²) < 4.78 is 0.900. The van der Waals surface area contributed by atoms with Gasteiger partial charge in [-0.25, -0.2) is 4.79 Å². The van der Waals surface area contributed by atoms with Crippen molar-refractivity contribution in [2.24, 2.45) is 0 Å². The Morgan fingerprint density at radius 3 is 2.33 bits per heavy atom. The van der Waals surface area contributed by atoms with E-state index in [4.69, 9.17) is 5.11 Å². The lowest BCUT2D eigenvalue weighted by Crippen LogP contribution is -1.98. The summed E-state index contributed by atoms with van der Waals surface area (Å²) in [6, 6.07) is 10.9. The molecule has 0 aliphatic rings. The molecule has 0 saturated carbocycles. The van der Waals surface area contributed by atoms with Crippen LogP contribution in [0, 0.1) is 0 Å². The first-order chi connectivity index (χ1) is 8.59. The van der Waals surface area contributed by atoms with E-state index in [1.54, 1.807) is 12.1 Å². The molecule has 2 aromatic carbocycles. The summed E-state index contributed by atoms with van der Waals surface area (Å²) in [5.74, 6) is -1.45. The van der Waals surface area contributed by atoms with Crippen molar-refractivity contribution >= 4 is 38.5 Å². The Balaban J connectivity index is 2.55. The number of halogens is 1. The minimum Gasteiger partial charge on any atom is -0.478 e. The Hall–Kier alpha value is -1.94. The van der Waals surface area contributed by atoms with Crippen molar-refractivity contribution in [3.63, 3.8) is 0 Å². The topological polar surface area (TPSA) is 54.4 Å². The van der Waals surface area contributed by atoms with Crippen LogP contribution in [0.5, 0.6) is 0 Å². The SMILES string of the molecule is O=C(O)/C=C/C(=O)c1ccc(Br)c2ccccc12. The van der Waals surface area contributed by atoms with Crippen LogP contribution in [0.1, 0.15) is 10.4 Å². The molecule has 2 aromatic rings. The molecule has 0 unspecified atom stereocenters. The van der Waals surface area contributed by atoms with Crippen LogP contribution in [0.15, 0.2) is 53.0 Å². The lowest BCUT2D eigenvalue weighted by Gasteiger charge is -2.05.